The van der Waals surface area contributed by atoms with Gasteiger partial charge in [-0.2, -0.15) is 0 Å². The molecular weight excluding hydrogens is 440 g/mol. The van der Waals surface area contributed by atoms with Crippen LogP contribution in [0.25, 0.3) is 17.2 Å². The molecule has 1 aliphatic rings. The largest absolute Gasteiger partial charge is 0.507 e. The van der Waals surface area contributed by atoms with E-state index in [1.807, 2.05) is 19.1 Å². The van der Waals surface area contributed by atoms with Crippen molar-refractivity contribution < 1.29 is 10.2 Å². The second kappa shape index (κ2) is 13.3. The Balaban J connectivity index is 0.00000176. The van der Waals surface area contributed by atoms with Crippen molar-refractivity contribution in [3.63, 3.8) is 0 Å². The fourth-order valence-electron chi connectivity index (χ4n) is 5.43. The minimum Gasteiger partial charge on any atom is -0.507 e. The van der Waals surface area contributed by atoms with Gasteiger partial charge in [-0.15, -0.1) is 0 Å². The lowest BCUT2D eigenvalue weighted by Crippen LogP contribution is -2.03. The molecule has 0 aliphatic heterocycles. The Labute approximate surface area is 218 Å². The summed E-state index contributed by atoms with van der Waals surface area (Å²) in [6.07, 6.45) is 9.88. The van der Waals surface area contributed by atoms with Gasteiger partial charge >= 0.3 is 0 Å². The molecule has 0 spiro atoms. The van der Waals surface area contributed by atoms with E-state index in [9.17, 15) is 5.11 Å². The number of rotatable bonds is 8. The van der Waals surface area contributed by atoms with Crippen molar-refractivity contribution in [2.75, 3.05) is 7.11 Å². The molecule has 3 aromatic carbocycles. The third-order valence-corrected chi connectivity index (χ3v) is 7.33. The first kappa shape index (κ1) is 27.5. The van der Waals surface area contributed by atoms with Crippen LogP contribution in [-0.2, 0) is 12.8 Å². The van der Waals surface area contributed by atoms with Gasteiger partial charge in [0.05, 0.1) is 0 Å². The van der Waals surface area contributed by atoms with Crippen LogP contribution in [0.15, 0.2) is 67.2 Å². The molecule has 1 unspecified atom stereocenters. The van der Waals surface area contributed by atoms with Gasteiger partial charge in [-0.05, 0) is 89.1 Å². The Morgan fingerprint density at radius 3 is 2.28 bits per heavy atom. The predicted molar refractivity (Wildman–Crippen MR) is 155 cm³/mol. The Morgan fingerprint density at radius 2 is 1.64 bits per heavy atom. The van der Waals surface area contributed by atoms with E-state index in [1.54, 1.807) is 0 Å². The second-order valence-corrected chi connectivity index (χ2v) is 9.81. The van der Waals surface area contributed by atoms with E-state index in [2.05, 4.69) is 75.0 Å². The molecule has 0 saturated carbocycles. The summed E-state index contributed by atoms with van der Waals surface area (Å²) in [6, 6.07) is 22.0. The molecule has 1 aliphatic carbocycles. The summed E-state index contributed by atoms with van der Waals surface area (Å²) in [6.45, 7) is 10.6. The highest BCUT2D eigenvalue weighted by molar-refractivity contribution is 6.01. The average Bonchev–Trinajstić information content (AvgIpc) is 3.09. The molecule has 36 heavy (non-hydrogen) atoms. The number of fused-ring (bicyclic) bond motifs is 1. The standard InChI is InChI=1S/C33H38O.CH4O/c1-5-9-24(6-2)21-26-13-16-27(17-14-26)33-29-19-15-25(7-3)22-28(29)10-8-11-31(33)30-18-12-23(4)20-32(30)34;1-2/h7,12-20,22,24,34H,3,5-6,8-11,21H2,1-2,4H3;2H,1H3. The number of phenols is 1. The predicted octanol–water partition coefficient (Wildman–Crippen LogP) is 8.62. The molecule has 1 atom stereocenters. The van der Waals surface area contributed by atoms with Crippen LogP contribution in [0.2, 0.25) is 0 Å². The van der Waals surface area contributed by atoms with E-state index >= 15 is 0 Å². The normalized spacial score (nSPS) is 13.8. The van der Waals surface area contributed by atoms with E-state index < -0.39 is 0 Å². The number of hydrogen-bond acceptors (Lipinski definition) is 2. The molecule has 0 amide bonds. The highest BCUT2D eigenvalue weighted by Crippen LogP contribution is 2.42. The molecule has 0 radical (unpaired) electrons. The zero-order valence-corrected chi connectivity index (χ0v) is 22.5. The molecule has 0 fully saturated rings. The third-order valence-electron chi connectivity index (χ3n) is 7.33. The van der Waals surface area contributed by atoms with Gasteiger partial charge in [0.15, 0.2) is 0 Å². The lowest BCUT2D eigenvalue weighted by Gasteiger charge is -2.19. The number of aliphatic hydroxyl groups excluding tert-OH is 1. The van der Waals surface area contributed by atoms with Gasteiger partial charge in [0.25, 0.3) is 0 Å². The zero-order valence-electron chi connectivity index (χ0n) is 22.5. The van der Waals surface area contributed by atoms with Crippen LogP contribution in [0.1, 0.15) is 84.9 Å². The maximum absolute atomic E-state index is 10.9. The van der Waals surface area contributed by atoms with Crippen LogP contribution in [0.3, 0.4) is 0 Å². The first-order valence-electron chi connectivity index (χ1n) is 13.4. The molecule has 2 N–H and O–H groups in total. The number of phenolic OH excluding ortho intramolecular Hbond substituents is 1. The molecule has 0 saturated heterocycles. The molecule has 0 aromatic heterocycles. The highest BCUT2D eigenvalue weighted by Gasteiger charge is 2.22. The first-order chi connectivity index (χ1) is 17.5. The van der Waals surface area contributed by atoms with Crippen LogP contribution in [0.4, 0.5) is 0 Å². The van der Waals surface area contributed by atoms with Gasteiger partial charge in [-0.1, -0.05) is 100 Å². The van der Waals surface area contributed by atoms with Gasteiger partial charge in [0.1, 0.15) is 5.75 Å². The Kier molecular flexibility index (Phi) is 10.1. The second-order valence-electron chi connectivity index (χ2n) is 9.81. The molecule has 190 valence electrons. The fraction of sp³-hybridized carbons (Fsp3) is 0.353. The van der Waals surface area contributed by atoms with E-state index in [0.29, 0.717) is 5.75 Å². The van der Waals surface area contributed by atoms with Crippen molar-refractivity contribution >= 4 is 17.2 Å². The quantitative estimate of drug-likeness (QED) is 0.337. The van der Waals surface area contributed by atoms with E-state index in [0.717, 1.165) is 55.4 Å². The molecule has 4 rings (SSSR count). The summed E-state index contributed by atoms with van der Waals surface area (Å²) in [7, 11) is 1.00. The number of aliphatic hydroxyl groups is 1. The van der Waals surface area contributed by atoms with Gasteiger partial charge in [-0.3, -0.25) is 0 Å². The number of aryl methyl sites for hydroxylation is 2. The summed E-state index contributed by atoms with van der Waals surface area (Å²) in [5.74, 6) is 1.13. The number of allylic oxidation sites excluding steroid dienone is 1. The topological polar surface area (TPSA) is 40.5 Å². The van der Waals surface area contributed by atoms with Crippen LogP contribution in [0, 0.1) is 12.8 Å². The van der Waals surface area contributed by atoms with Crippen molar-refractivity contribution in [2.45, 2.75) is 65.7 Å². The minimum absolute atomic E-state index is 0.376. The Morgan fingerprint density at radius 1 is 0.917 bits per heavy atom. The van der Waals surface area contributed by atoms with Gasteiger partial charge in [0, 0.05) is 12.7 Å². The van der Waals surface area contributed by atoms with Crippen molar-refractivity contribution in [3.8, 4) is 5.75 Å². The summed E-state index contributed by atoms with van der Waals surface area (Å²) in [5, 5.41) is 17.9. The summed E-state index contributed by atoms with van der Waals surface area (Å²) < 4.78 is 0. The zero-order chi connectivity index (χ0) is 26.1. The van der Waals surface area contributed by atoms with Crippen molar-refractivity contribution in [1.29, 1.82) is 0 Å². The van der Waals surface area contributed by atoms with Crippen molar-refractivity contribution in [1.82, 2.24) is 0 Å². The van der Waals surface area contributed by atoms with E-state index in [-0.39, 0.29) is 0 Å². The molecule has 2 nitrogen and oxygen atoms in total. The smallest absolute Gasteiger partial charge is 0.123 e. The summed E-state index contributed by atoms with van der Waals surface area (Å²) in [5.41, 5.74) is 11.0. The first-order valence-corrected chi connectivity index (χ1v) is 13.4. The molecule has 0 bridgehead atoms. The summed E-state index contributed by atoms with van der Waals surface area (Å²) in [4.78, 5) is 0. The number of benzene rings is 3. The fourth-order valence-corrected chi connectivity index (χ4v) is 5.43. The highest BCUT2D eigenvalue weighted by atomic mass is 16.3. The molecule has 3 aromatic rings. The average molecular weight is 483 g/mol. The lowest BCUT2D eigenvalue weighted by atomic mass is 9.86. The molecular formula is C34H42O2. The van der Waals surface area contributed by atoms with Gasteiger partial charge < -0.3 is 10.2 Å². The summed E-state index contributed by atoms with van der Waals surface area (Å²) >= 11 is 0. The van der Waals surface area contributed by atoms with Crippen LogP contribution >= 0.6 is 0 Å². The van der Waals surface area contributed by atoms with Crippen LogP contribution in [-0.4, -0.2) is 17.3 Å². The third kappa shape index (κ3) is 6.36. The number of hydrogen-bond donors (Lipinski definition) is 2. The molecule has 2 heteroatoms. The van der Waals surface area contributed by atoms with E-state index in [4.69, 9.17) is 5.11 Å². The Bertz CT molecular complexity index is 1180. The van der Waals surface area contributed by atoms with E-state index in [1.165, 1.54) is 52.7 Å². The van der Waals surface area contributed by atoms with Gasteiger partial charge in [0.2, 0.25) is 0 Å². The van der Waals surface area contributed by atoms with Crippen LogP contribution in [0.5, 0.6) is 5.75 Å². The molecule has 0 heterocycles. The van der Waals surface area contributed by atoms with Gasteiger partial charge in [-0.25, -0.2) is 0 Å². The Hall–Kier alpha value is -3.10. The maximum Gasteiger partial charge on any atom is 0.123 e. The maximum atomic E-state index is 10.9. The van der Waals surface area contributed by atoms with Crippen molar-refractivity contribution in [2.24, 2.45) is 5.92 Å². The van der Waals surface area contributed by atoms with Crippen molar-refractivity contribution in [3.05, 3.63) is 106 Å². The van der Waals surface area contributed by atoms with Crippen LogP contribution < -0.4 is 0 Å². The minimum atomic E-state index is 0.376. The monoisotopic (exact) mass is 482 g/mol. The number of aromatic hydroxyl groups is 1. The SMILES string of the molecule is C=Cc1ccc2c(c1)CCCC(c1ccc(C)cc1O)=C2c1ccc(CC(CC)CCC)cc1.CO. The lowest BCUT2D eigenvalue weighted by molar-refractivity contribution is 0.399.